The lowest BCUT2D eigenvalue weighted by atomic mass is 9.87. The summed E-state index contributed by atoms with van der Waals surface area (Å²) in [7, 11) is 0. The molecule has 0 aliphatic carbocycles. The predicted octanol–water partition coefficient (Wildman–Crippen LogP) is -3.06. The van der Waals surface area contributed by atoms with Crippen LogP contribution in [0.25, 0.3) is 11.1 Å². The van der Waals surface area contributed by atoms with E-state index < -0.39 is 156 Å². The number of imide groups is 1. The van der Waals surface area contributed by atoms with Crippen molar-refractivity contribution < 1.29 is 62.2 Å². The van der Waals surface area contributed by atoms with Crippen molar-refractivity contribution in [3.05, 3.63) is 95.1 Å². The summed E-state index contributed by atoms with van der Waals surface area (Å²) in [5, 5.41) is 109. The Hall–Kier alpha value is -14.5. The smallest absolute Gasteiger partial charge is 0.251 e. The van der Waals surface area contributed by atoms with Crippen molar-refractivity contribution >= 4 is 124 Å². The Morgan fingerprint density at radius 2 is 0.571 bits per heavy atom. The molecular weight excluding hydrogens is 1810 g/mol. The Kier molecular flexibility index (Phi) is 54.1. The van der Waals surface area contributed by atoms with Crippen molar-refractivity contribution in [3.63, 3.8) is 0 Å². The van der Waals surface area contributed by atoms with Crippen LogP contribution in [0.4, 0.5) is 0 Å². The van der Waals surface area contributed by atoms with Gasteiger partial charge in [-0.3, -0.25) is 111 Å². The molecule has 0 aromatic heterocycles. The topological polar surface area (TPSA) is 828 Å². The first-order valence-electron chi connectivity index (χ1n) is 47.9. The van der Waals surface area contributed by atoms with Gasteiger partial charge in [0.15, 0.2) is 47.7 Å². The molecular formula is C91H152N36O13. The van der Waals surface area contributed by atoms with Gasteiger partial charge >= 0.3 is 0 Å². The van der Waals surface area contributed by atoms with E-state index in [-0.39, 0.29) is 173 Å². The summed E-state index contributed by atoms with van der Waals surface area (Å²) in [4.78, 5) is 163. The maximum atomic E-state index is 15.2. The third-order valence-corrected chi connectivity index (χ3v) is 22.8. The van der Waals surface area contributed by atoms with E-state index in [9.17, 15) is 33.6 Å². The largest absolute Gasteiger partial charge is 0.492 e. The molecule has 0 spiro atoms. The summed E-state index contributed by atoms with van der Waals surface area (Å²) >= 11 is 0. The van der Waals surface area contributed by atoms with Crippen molar-refractivity contribution in [2.75, 3.05) is 111 Å². The van der Waals surface area contributed by atoms with Crippen LogP contribution in [-0.4, -0.2) is 282 Å². The van der Waals surface area contributed by atoms with E-state index >= 15 is 19.2 Å². The van der Waals surface area contributed by atoms with Crippen LogP contribution in [0.5, 0.6) is 11.5 Å². The normalized spacial score (nSPS) is 14.2. The van der Waals surface area contributed by atoms with Crippen molar-refractivity contribution in [1.82, 2.24) is 106 Å². The van der Waals surface area contributed by atoms with Gasteiger partial charge in [0.2, 0.25) is 59.1 Å². The molecule has 42 N–H and O–H groups in total. The van der Waals surface area contributed by atoms with Gasteiger partial charge in [-0.25, -0.2) is 0 Å². The van der Waals surface area contributed by atoms with Crippen LogP contribution in [-0.2, 0) is 47.9 Å². The van der Waals surface area contributed by atoms with Crippen LogP contribution < -0.4 is 151 Å². The number of rotatable bonds is 63. The molecule has 2 heterocycles. The van der Waals surface area contributed by atoms with E-state index in [4.69, 9.17) is 98.6 Å². The number of nitrogens with two attached hydrogens (primary N) is 8. The number of hydrogen-bond acceptors (Lipinski definition) is 23. The second-order valence-corrected chi connectivity index (χ2v) is 34.2. The summed E-state index contributed by atoms with van der Waals surface area (Å²) in [5.41, 5.74) is 49.3. The molecule has 8 atom stereocenters. The van der Waals surface area contributed by atoms with Gasteiger partial charge in [-0.1, -0.05) is 69.0 Å². The highest BCUT2D eigenvalue weighted by Gasteiger charge is 2.36. The number of amides is 11. The second-order valence-electron chi connectivity index (χ2n) is 34.2. The zero-order valence-electron chi connectivity index (χ0n) is 80.6. The molecule has 49 nitrogen and oxygen atoms in total. The summed E-state index contributed by atoms with van der Waals surface area (Å²) in [5.74, 6) is -11.9. The molecule has 5 rings (SSSR count). The monoisotopic (exact) mass is 1960 g/mol. The number of hydrogen-bond donors (Lipinski definition) is 34. The fourth-order valence-corrected chi connectivity index (χ4v) is 15.7. The molecule has 0 unspecified atom stereocenters. The fourth-order valence-electron chi connectivity index (χ4n) is 15.7. The summed E-state index contributed by atoms with van der Waals surface area (Å²) in [6.07, 6.45) is 8.93. The maximum absolute atomic E-state index is 15.2. The lowest BCUT2D eigenvalue weighted by molar-refractivity contribution is -0.136. The molecule has 140 heavy (non-hydrogen) atoms. The van der Waals surface area contributed by atoms with E-state index in [1.54, 1.807) is 18.2 Å². The van der Waals surface area contributed by atoms with Gasteiger partial charge in [-0.15, -0.1) is 0 Å². The zero-order valence-corrected chi connectivity index (χ0v) is 80.6. The van der Waals surface area contributed by atoms with Crippen LogP contribution >= 0.6 is 0 Å². The molecule has 0 saturated carbocycles. The van der Waals surface area contributed by atoms with E-state index in [2.05, 4.69) is 106 Å². The van der Waals surface area contributed by atoms with Gasteiger partial charge < -0.3 is 146 Å². The quantitative estimate of drug-likeness (QED) is 0.0115. The lowest BCUT2D eigenvalue weighted by Gasteiger charge is -2.28. The maximum Gasteiger partial charge on any atom is 0.251 e. The van der Waals surface area contributed by atoms with E-state index in [1.807, 2.05) is 61.5 Å². The standard InChI is InChI=1S/C91H152N36O13/c1-3-64(74(58-31-35-62(36-32-58)139-53-51-126-47-8-4-5-9-48-126)59-33-37-63(38-34-59)140-54-52-127-49-10-6-7-11-50-127)60-21-12-22-61(55-60)75(130)116-56-73(129)118-65(23-13-39-108-84(92)93)77(132)120-67(25-15-41-110-86(96)97)79(134)122-69(27-17-43-112-88(100)101)81(136)124-71(29-19-45-114-90(104)105)83(138)125-72(30-20-46-115-91(106)107)82(137)123-70(28-18-44-113-89(102)103)80(135)121-68(26-16-42-111-87(98)99)78(133)119-66(76(131)117-57(2)128)24-14-40-109-85(94)95/h12,21-22,31-38,55,65-72H,3-11,13-20,23-30,39-54,56H2,1-2H3,(H,116,130)(H,118,129)(H,119,133)(H,120,132)(H,121,135)(H,122,134)(H,123,137)(H,124,136)(H,125,138)(H4,92,93,108)(H4,94,95,109)(H4,96,97,110)(H4,98,99,111)(H4,100,101,112)(H4,102,103,113)(H4,104,105,114)(H4,106,107,115)(H,117,128,131)/t65-,66-,67-,68-,69-,70-,71-,72-/m0/s1. The van der Waals surface area contributed by atoms with Crippen molar-refractivity contribution in [2.24, 2.45) is 45.9 Å². The summed E-state index contributed by atoms with van der Waals surface area (Å²) in [6, 6.07) is 10.7. The first kappa shape index (κ1) is 116. The highest BCUT2D eigenvalue weighted by molar-refractivity contribution is 6.03. The number of ether oxygens (including phenoxy) is 2. The highest BCUT2D eigenvalue weighted by atomic mass is 16.5. The molecule has 49 heteroatoms. The predicted molar refractivity (Wildman–Crippen MR) is 536 cm³/mol. The van der Waals surface area contributed by atoms with E-state index in [0.717, 1.165) is 85.5 Å². The Bertz CT molecular complexity index is 4510. The van der Waals surface area contributed by atoms with Crippen molar-refractivity contribution in [2.45, 2.75) is 223 Å². The van der Waals surface area contributed by atoms with E-state index in [0.29, 0.717) is 19.6 Å². The average molecular weight is 1960 g/mol. The minimum absolute atomic E-state index is 0.000402. The van der Waals surface area contributed by atoms with Gasteiger partial charge in [0.05, 0.1) is 6.54 Å². The Morgan fingerprint density at radius 1 is 0.321 bits per heavy atom. The number of likely N-dealkylation sites (tertiary alicyclic amines) is 2. The number of nitrogens with zero attached hydrogens (tertiary/aromatic N) is 2. The van der Waals surface area contributed by atoms with Gasteiger partial charge in [-0.05, 0) is 225 Å². The summed E-state index contributed by atoms with van der Waals surface area (Å²) in [6.45, 7) is 9.41. The number of carbonyl (C=O) groups is 11. The van der Waals surface area contributed by atoms with Crippen LogP contribution in [0.1, 0.15) is 201 Å². The lowest BCUT2D eigenvalue weighted by Crippen LogP contribution is -2.60. The third-order valence-electron chi connectivity index (χ3n) is 22.8. The van der Waals surface area contributed by atoms with Gasteiger partial charge in [-0.2, -0.15) is 0 Å². The Balaban J connectivity index is 1.46. The molecule has 0 bridgehead atoms. The molecule has 0 radical (unpaired) electrons. The van der Waals surface area contributed by atoms with Gasteiger partial charge in [0, 0.05) is 77.9 Å². The van der Waals surface area contributed by atoms with Crippen molar-refractivity contribution in [3.8, 4) is 11.5 Å². The second kappa shape index (κ2) is 65.3. The molecule has 3 aromatic carbocycles. The first-order chi connectivity index (χ1) is 67.0. The highest BCUT2D eigenvalue weighted by Crippen LogP contribution is 2.36. The molecule has 2 fully saturated rings. The summed E-state index contributed by atoms with van der Waals surface area (Å²) < 4.78 is 12.6. The number of guanidine groups is 8. The SMILES string of the molecule is CCC(=C(c1ccc(OCCN2CCCCCC2)cc1)c1ccc(OCCN2CCCCCC2)cc1)c1cccc(C(=O)NCC(=O)N[C@@H](CCCNC(=N)N)C(=O)N[C@@H](CCCNC(=N)N)C(=O)N[C@@H](CCCNC(=N)N)C(=O)N[C@@H](CCCNC(=N)N)C(=O)N[C@@H](CCCNC(=N)N)C(=O)N[C@@H](CCCNC(=N)N)C(=O)N[C@@H](CCCNC(=N)N)C(=O)N[C@@H](CCCNC(=N)N)C(=O)NC(C)=O)c1. The zero-order chi connectivity index (χ0) is 103. The molecule has 2 aliphatic rings. The number of nitrogens with one attached hydrogen (secondary N) is 26. The minimum Gasteiger partial charge on any atom is -0.492 e. The number of benzene rings is 3. The van der Waals surface area contributed by atoms with Crippen LogP contribution in [0.3, 0.4) is 0 Å². The third kappa shape index (κ3) is 48.0. The van der Waals surface area contributed by atoms with E-state index in [1.165, 1.54) is 51.4 Å². The molecule has 2 saturated heterocycles. The number of carbonyl (C=O) groups excluding carboxylic acids is 11. The van der Waals surface area contributed by atoms with Gasteiger partial charge in [0.1, 0.15) is 73.0 Å². The van der Waals surface area contributed by atoms with Crippen LogP contribution in [0, 0.1) is 43.3 Å². The number of allylic oxidation sites excluding steroid dienone is 1. The molecule has 3 aromatic rings. The van der Waals surface area contributed by atoms with Crippen LogP contribution in [0.2, 0.25) is 0 Å². The van der Waals surface area contributed by atoms with Crippen LogP contribution in [0.15, 0.2) is 72.8 Å². The molecule has 11 amide bonds. The van der Waals surface area contributed by atoms with Gasteiger partial charge in [0.25, 0.3) is 5.91 Å². The van der Waals surface area contributed by atoms with Crippen molar-refractivity contribution in [1.29, 1.82) is 43.3 Å². The first-order valence-corrected chi connectivity index (χ1v) is 47.9. The fraction of sp³-hybridized carbons (Fsp3) is 0.571. The molecule has 774 valence electrons. The Labute approximate surface area is 817 Å². The average Bonchev–Trinajstić information content (AvgIpc) is 0.945. The Morgan fingerprint density at radius 3 is 0.821 bits per heavy atom. The molecule has 2 aliphatic heterocycles. The minimum atomic E-state index is -1.62.